The summed E-state index contributed by atoms with van der Waals surface area (Å²) < 4.78 is 1.56. The summed E-state index contributed by atoms with van der Waals surface area (Å²) in [5.74, 6) is 0.0288. The molecule has 0 aliphatic rings. The lowest BCUT2D eigenvalue weighted by molar-refractivity contribution is 0.553. The van der Waals surface area contributed by atoms with Gasteiger partial charge in [-0.25, -0.2) is 4.68 Å². The molecule has 3 aromatic rings. The predicted octanol–water partition coefficient (Wildman–Crippen LogP) is 3.83. The lowest BCUT2D eigenvalue weighted by Crippen LogP contribution is -2.24. The number of aryl methyl sites for hydroxylation is 1. The molecular weight excluding hydrogens is 284 g/mol. The van der Waals surface area contributed by atoms with E-state index in [1.807, 2.05) is 49.4 Å². The largest absolute Gasteiger partial charge is 0.268 e. The molecule has 0 fully saturated rings. The summed E-state index contributed by atoms with van der Waals surface area (Å²) in [6.45, 7) is 2.69. The molecular formula is C20H20N2O. The quantitative estimate of drug-likeness (QED) is 0.718. The first-order valence-electron chi connectivity index (χ1n) is 7.97. The maximum Gasteiger partial charge on any atom is 0.266 e. The summed E-state index contributed by atoms with van der Waals surface area (Å²) in [6, 6.07) is 24.1. The number of rotatable bonds is 5. The Labute approximate surface area is 136 Å². The van der Waals surface area contributed by atoms with Crippen molar-refractivity contribution in [3.63, 3.8) is 0 Å². The zero-order chi connectivity index (χ0) is 16.1. The van der Waals surface area contributed by atoms with Gasteiger partial charge in [0.25, 0.3) is 5.56 Å². The molecule has 0 aliphatic carbocycles. The Kier molecular flexibility index (Phi) is 4.67. The highest BCUT2D eigenvalue weighted by atomic mass is 16.1. The molecule has 0 radical (unpaired) electrons. The Morgan fingerprint density at radius 1 is 0.870 bits per heavy atom. The van der Waals surface area contributed by atoms with E-state index in [1.54, 1.807) is 10.7 Å². The summed E-state index contributed by atoms with van der Waals surface area (Å²) in [6.07, 6.45) is 0.887. The molecule has 0 spiro atoms. The fourth-order valence-electron chi connectivity index (χ4n) is 2.82. The molecule has 23 heavy (non-hydrogen) atoms. The van der Waals surface area contributed by atoms with Crippen LogP contribution in [0.2, 0.25) is 0 Å². The monoisotopic (exact) mass is 304 g/mol. The van der Waals surface area contributed by atoms with Gasteiger partial charge in [-0.05, 0) is 23.6 Å². The van der Waals surface area contributed by atoms with Crippen LogP contribution in [-0.4, -0.2) is 9.78 Å². The van der Waals surface area contributed by atoms with E-state index in [4.69, 9.17) is 0 Å². The molecule has 0 bridgehead atoms. The van der Waals surface area contributed by atoms with Crippen LogP contribution < -0.4 is 5.56 Å². The standard InChI is InChI=1S/C20H20N2O/c1-2-15-22-19(23)14-13-18(21-22)20(16-9-5-3-6-10-16)17-11-7-4-8-12-17/h3-14,20H,2,15H2,1H3. The molecule has 3 heteroatoms. The number of nitrogens with zero attached hydrogens (tertiary/aromatic N) is 2. The van der Waals surface area contributed by atoms with Gasteiger partial charge in [0.05, 0.1) is 11.6 Å². The second kappa shape index (κ2) is 7.05. The van der Waals surface area contributed by atoms with Gasteiger partial charge in [0.1, 0.15) is 0 Å². The second-order valence-electron chi connectivity index (χ2n) is 5.57. The minimum absolute atomic E-state index is 0.0288. The van der Waals surface area contributed by atoms with Crippen molar-refractivity contribution in [3.05, 3.63) is 100.0 Å². The molecule has 1 heterocycles. The van der Waals surface area contributed by atoms with E-state index >= 15 is 0 Å². The summed E-state index contributed by atoms with van der Waals surface area (Å²) in [5.41, 5.74) is 3.20. The molecule has 0 amide bonds. The van der Waals surface area contributed by atoms with Gasteiger partial charge in [-0.3, -0.25) is 4.79 Å². The Hall–Kier alpha value is -2.68. The zero-order valence-corrected chi connectivity index (χ0v) is 13.2. The van der Waals surface area contributed by atoms with E-state index in [-0.39, 0.29) is 11.5 Å². The molecule has 3 nitrogen and oxygen atoms in total. The third-order valence-corrected chi connectivity index (χ3v) is 3.88. The normalized spacial score (nSPS) is 10.9. The van der Waals surface area contributed by atoms with E-state index in [0.29, 0.717) is 6.54 Å². The van der Waals surface area contributed by atoms with Crippen LogP contribution in [0.15, 0.2) is 77.6 Å². The number of hydrogen-bond donors (Lipinski definition) is 0. The average molecular weight is 304 g/mol. The molecule has 2 aromatic carbocycles. The minimum Gasteiger partial charge on any atom is -0.268 e. The van der Waals surface area contributed by atoms with Crippen LogP contribution in [-0.2, 0) is 6.54 Å². The van der Waals surface area contributed by atoms with Crippen molar-refractivity contribution < 1.29 is 0 Å². The van der Waals surface area contributed by atoms with Gasteiger partial charge >= 0.3 is 0 Å². The first kappa shape index (κ1) is 15.2. The van der Waals surface area contributed by atoms with E-state index in [0.717, 1.165) is 12.1 Å². The first-order valence-corrected chi connectivity index (χ1v) is 7.97. The van der Waals surface area contributed by atoms with Crippen LogP contribution in [0.5, 0.6) is 0 Å². The molecule has 0 unspecified atom stereocenters. The van der Waals surface area contributed by atoms with Crippen molar-refractivity contribution in [3.8, 4) is 0 Å². The molecule has 116 valence electrons. The third kappa shape index (κ3) is 3.39. The van der Waals surface area contributed by atoms with Crippen molar-refractivity contribution in [2.75, 3.05) is 0 Å². The van der Waals surface area contributed by atoms with Crippen molar-refractivity contribution in [1.29, 1.82) is 0 Å². The van der Waals surface area contributed by atoms with Crippen LogP contribution in [0.1, 0.15) is 36.1 Å². The molecule has 0 N–H and O–H groups in total. The Balaban J connectivity index is 2.13. The molecule has 3 rings (SSSR count). The van der Waals surface area contributed by atoms with Gasteiger partial charge in [-0.15, -0.1) is 0 Å². The van der Waals surface area contributed by atoms with Gasteiger partial charge in [0, 0.05) is 12.6 Å². The SMILES string of the molecule is CCCn1nc(C(c2ccccc2)c2ccccc2)ccc1=O. The number of hydrogen-bond acceptors (Lipinski definition) is 2. The smallest absolute Gasteiger partial charge is 0.266 e. The van der Waals surface area contributed by atoms with Gasteiger partial charge in [-0.2, -0.15) is 5.10 Å². The number of benzene rings is 2. The summed E-state index contributed by atoms with van der Waals surface area (Å²) in [4.78, 5) is 12.0. The van der Waals surface area contributed by atoms with E-state index < -0.39 is 0 Å². The highest BCUT2D eigenvalue weighted by Gasteiger charge is 2.18. The first-order chi connectivity index (χ1) is 11.3. The lowest BCUT2D eigenvalue weighted by Gasteiger charge is -2.18. The topological polar surface area (TPSA) is 34.9 Å². The van der Waals surface area contributed by atoms with Gasteiger partial charge < -0.3 is 0 Å². The third-order valence-electron chi connectivity index (χ3n) is 3.88. The molecule has 0 aliphatic heterocycles. The van der Waals surface area contributed by atoms with Crippen LogP contribution in [0.3, 0.4) is 0 Å². The maximum atomic E-state index is 12.0. The Morgan fingerprint density at radius 3 is 1.96 bits per heavy atom. The average Bonchev–Trinajstić information content (AvgIpc) is 2.60. The van der Waals surface area contributed by atoms with Gasteiger partial charge in [-0.1, -0.05) is 67.6 Å². The number of aromatic nitrogens is 2. The van der Waals surface area contributed by atoms with Crippen molar-refractivity contribution in [1.82, 2.24) is 9.78 Å². The summed E-state index contributed by atoms with van der Waals surface area (Å²) >= 11 is 0. The van der Waals surface area contributed by atoms with Crippen LogP contribution in [0.25, 0.3) is 0 Å². The Bertz CT molecular complexity index is 770. The van der Waals surface area contributed by atoms with Crippen molar-refractivity contribution in [2.45, 2.75) is 25.8 Å². The molecule has 1 aromatic heterocycles. The summed E-state index contributed by atoms with van der Waals surface area (Å²) in [7, 11) is 0. The highest BCUT2D eigenvalue weighted by molar-refractivity contribution is 5.39. The van der Waals surface area contributed by atoms with Crippen LogP contribution >= 0.6 is 0 Å². The molecule has 0 atom stereocenters. The van der Waals surface area contributed by atoms with E-state index in [2.05, 4.69) is 29.4 Å². The molecule has 0 saturated heterocycles. The second-order valence-corrected chi connectivity index (χ2v) is 5.57. The van der Waals surface area contributed by atoms with Crippen molar-refractivity contribution in [2.24, 2.45) is 0 Å². The fraction of sp³-hybridized carbons (Fsp3) is 0.200. The van der Waals surface area contributed by atoms with Gasteiger partial charge in [0.2, 0.25) is 0 Å². The zero-order valence-electron chi connectivity index (χ0n) is 13.2. The van der Waals surface area contributed by atoms with Gasteiger partial charge in [0.15, 0.2) is 0 Å². The van der Waals surface area contributed by atoms with E-state index in [1.165, 1.54) is 11.1 Å². The molecule has 0 saturated carbocycles. The lowest BCUT2D eigenvalue weighted by atomic mass is 9.88. The van der Waals surface area contributed by atoms with Crippen LogP contribution in [0.4, 0.5) is 0 Å². The van der Waals surface area contributed by atoms with E-state index in [9.17, 15) is 4.79 Å². The highest BCUT2D eigenvalue weighted by Crippen LogP contribution is 2.29. The maximum absolute atomic E-state index is 12.0. The summed E-state index contributed by atoms with van der Waals surface area (Å²) in [5, 5.41) is 4.62. The predicted molar refractivity (Wildman–Crippen MR) is 92.6 cm³/mol. The van der Waals surface area contributed by atoms with Crippen molar-refractivity contribution >= 4 is 0 Å². The van der Waals surface area contributed by atoms with Crippen LogP contribution in [0, 0.1) is 0 Å². The minimum atomic E-state index is -0.0459. The Morgan fingerprint density at radius 2 is 1.43 bits per heavy atom. The fourth-order valence-corrected chi connectivity index (χ4v) is 2.82.